The minimum atomic E-state index is 0.672. The van der Waals surface area contributed by atoms with Gasteiger partial charge >= 0.3 is 0 Å². The highest BCUT2D eigenvalue weighted by Crippen LogP contribution is 2.24. The summed E-state index contributed by atoms with van der Waals surface area (Å²) in [6.07, 6.45) is 6.29. The Kier molecular flexibility index (Phi) is 7.30. The maximum absolute atomic E-state index is 5.51. The Morgan fingerprint density at radius 2 is 2.04 bits per heavy atom. The highest BCUT2D eigenvalue weighted by molar-refractivity contribution is 5.33. The molecule has 1 aliphatic rings. The molecule has 0 unspecified atom stereocenters. The van der Waals surface area contributed by atoms with Gasteiger partial charge in [-0.1, -0.05) is 32.0 Å². The first-order chi connectivity index (χ1) is 13.1. The van der Waals surface area contributed by atoms with Crippen LogP contribution in [0.15, 0.2) is 36.7 Å². The number of methoxy groups -OCH3 is 1. The van der Waals surface area contributed by atoms with Gasteiger partial charge in [-0.25, -0.2) is 4.98 Å². The lowest BCUT2D eigenvalue weighted by molar-refractivity contribution is 0.127. The fourth-order valence-electron chi connectivity index (χ4n) is 4.08. The molecule has 148 valence electrons. The van der Waals surface area contributed by atoms with Crippen LogP contribution in [0.2, 0.25) is 0 Å². The molecule has 1 N–H and O–H groups in total. The summed E-state index contributed by atoms with van der Waals surface area (Å²) in [5.41, 5.74) is 1.29. The van der Waals surface area contributed by atoms with Crippen molar-refractivity contribution in [2.75, 3.05) is 33.3 Å². The third-order valence-electron chi connectivity index (χ3n) is 5.36. The fraction of sp³-hybridized carbons (Fsp3) is 0.591. The van der Waals surface area contributed by atoms with E-state index in [0.29, 0.717) is 5.92 Å². The molecule has 0 amide bonds. The van der Waals surface area contributed by atoms with Crippen molar-refractivity contribution < 1.29 is 4.74 Å². The van der Waals surface area contributed by atoms with Gasteiger partial charge in [0.2, 0.25) is 0 Å². The van der Waals surface area contributed by atoms with Crippen LogP contribution in [0.25, 0.3) is 0 Å². The number of ether oxygens (including phenoxy) is 1. The van der Waals surface area contributed by atoms with Crippen LogP contribution in [0.5, 0.6) is 5.75 Å². The van der Waals surface area contributed by atoms with Crippen LogP contribution in [0, 0.1) is 11.8 Å². The first kappa shape index (κ1) is 19.9. The van der Waals surface area contributed by atoms with Gasteiger partial charge in [0.1, 0.15) is 11.6 Å². The van der Waals surface area contributed by atoms with Gasteiger partial charge in [-0.05, 0) is 43.8 Å². The van der Waals surface area contributed by atoms with E-state index in [-0.39, 0.29) is 0 Å². The third kappa shape index (κ3) is 6.08. The summed E-state index contributed by atoms with van der Waals surface area (Å²) in [6, 6.07) is 8.37. The van der Waals surface area contributed by atoms with E-state index in [0.717, 1.165) is 37.1 Å². The number of aromatic nitrogens is 2. The van der Waals surface area contributed by atoms with Gasteiger partial charge in [0.15, 0.2) is 0 Å². The zero-order chi connectivity index (χ0) is 19.1. The van der Waals surface area contributed by atoms with Gasteiger partial charge in [-0.15, -0.1) is 0 Å². The third-order valence-corrected chi connectivity index (χ3v) is 5.36. The SMILES string of the molecule is COc1ccccc1CN1CCC(CN(Cc2ncc[nH]2)CC(C)C)CC1. The van der Waals surface area contributed by atoms with Crippen LogP contribution < -0.4 is 4.74 Å². The van der Waals surface area contributed by atoms with Gasteiger partial charge in [-0.3, -0.25) is 9.80 Å². The highest BCUT2D eigenvalue weighted by Gasteiger charge is 2.23. The summed E-state index contributed by atoms with van der Waals surface area (Å²) in [7, 11) is 1.76. The summed E-state index contributed by atoms with van der Waals surface area (Å²) in [5.74, 6) is 3.52. The average Bonchev–Trinajstić information content (AvgIpc) is 3.16. The summed E-state index contributed by atoms with van der Waals surface area (Å²) in [5, 5.41) is 0. The second-order valence-corrected chi connectivity index (χ2v) is 8.16. The first-order valence-corrected chi connectivity index (χ1v) is 10.2. The molecule has 0 spiro atoms. The van der Waals surface area contributed by atoms with Crippen LogP contribution in [0.3, 0.4) is 0 Å². The van der Waals surface area contributed by atoms with Crippen molar-refractivity contribution in [3.05, 3.63) is 48.0 Å². The van der Waals surface area contributed by atoms with Gasteiger partial charge < -0.3 is 9.72 Å². The molecule has 3 rings (SSSR count). The molecule has 0 aliphatic carbocycles. The van der Waals surface area contributed by atoms with Crippen molar-refractivity contribution in [2.45, 2.75) is 39.8 Å². The summed E-state index contributed by atoms with van der Waals surface area (Å²) >= 11 is 0. The molecule has 1 aromatic heterocycles. The van der Waals surface area contributed by atoms with Crippen LogP contribution in [0.4, 0.5) is 0 Å². The Hall–Kier alpha value is -1.85. The number of piperidine rings is 1. The van der Waals surface area contributed by atoms with Crippen molar-refractivity contribution in [3.63, 3.8) is 0 Å². The monoisotopic (exact) mass is 370 g/mol. The molecule has 2 aromatic rings. The predicted octanol–water partition coefficient (Wildman–Crippen LogP) is 3.79. The second kappa shape index (κ2) is 9.90. The predicted molar refractivity (Wildman–Crippen MR) is 110 cm³/mol. The molecular formula is C22H34N4O. The van der Waals surface area contributed by atoms with Crippen molar-refractivity contribution in [1.29, 1.82) is 0 Å². The Labute approximate surface area is 163 Å². The lowest BCUT2D eigenvalue weighted by Crippen LogP contribution is -2.39. The number of hydrogen-bond acceptors (Lipinski definition) is 4. The second-order valence-electron chi connectivity index (χ2n) is 8.16. The molecule has 0 bridgehead atoms. The number of aromatic amines is 1. The molecule has 1 aromatic carbocycles. The Balaban J connectivity index is 1.49. The van der Waals surface area contributed by atoms with Crippen molar-refractivity contribution in [1.82, 2.24) is 19.8 Å². The maximum Gasteiger partial charge on any atom is 0.123 e. The van der Waals surface area contributed by atoms with E-state index in [2.05, 4.69) is 51.8 Å². The highest BCUT2D eigenvalue weighted by atomic mass is 16.5. The summed E-state index contributed by atoms with van der Waals surface area (Å²) in [6.45, 7) is 11.1. The van der Waals surface area contributed by atoms with Gasteiger partial charge in [-0.2, -0.15) is 0 Å². The topological polar surface area (TPSA) is 44.4 Å². The van der Waals surface area contributed by atoms with Crippen LogP contribution in [-0.4, -0.2) is 53.1 Å². The minimum absolute atomic E-state index is 0.672. The smallest absolute Gasteiger partial charge is 0.123 e. The summed E-state index contributed by atoms with van der Waals surface area (Å²) in [4.78, 5) is 12.8. The molecule has 0 saturated carbocycles. The molecule has 1 aliphatic heterocycles. The Morgan fingerprint density at radius 3 is 2.70 bits per heavy atom. The minimum Gasteiger partial charge on any atom is -0.496 e. The number of para-hydroxylation sites is 1. The van der Waals surface area contributed by atoms with E-state index in [1.807, 2.05) is 18.5 Å². The van der Waals surface area contributed by atoms with E-state index in [1.165, 1.54) is 38.0 Å². The Bertz CT molecular complexity index is 663. The molecule has 1 fully saturated rings. The number of imidazole rings is 1. The average molecular weight is 371 g/mol. The number of H-pyrrole nitrogens is 1. The zero-order valence-electron chi connectivity index (χ0n) is 17.0. The van der Waals surface area contributed by atoms with Crippen LogP contribution >= 0.6 is 0 Å². The van der Waals surface area contributed by atoms with Crippen LogP contribution in [0.1, 0.15) is 38.1 Å². The molecule has 5 nitrogen and oxygen atoms in total. The van der Waals surface area contributed by atoms with E-state index < -0.39 is 0 Å². The Morgan fingerprint density at radius 1 is 1.26 bits per heavy atom. The number of nitrogens with zero attached hydrogens (tertiary/aromatic N) is 3. The van der Waals surface area contributed by atoms with Gasteiger partial charge in [0.05, 0.1) is 13.7 Å². The van der Waals surface area contributed by atoms with E-state index in [1.54, 1.807) is 7.11 Å². The van der Waals surface area contributed by atoms with E-state index in [4.69, 9.17) is 4.74 Å². The largest absolute Gasteiger partial charge is 0.496 e. The number of hydrogen-bond donors (Lipinski definition) is 1. The van der Waals surface area contributed by atoms with E-state index in [9.17, 15) is 0 Å². The van der Waals surface area contributed by atoms with Gasteiger partial charge in [0, 0.05) is 37.6 Å². The quantitative estimate of drug-likeness (QED) is 0.729. The van der Waals surface area contributed by atoms with Crippen molar-refractivity contribution >= 4 is 0 Å². The molecule has 2 heterocycles. The number of likely N-dealkylation sites (tertiary alicyclic amines) is 1. The van der Waals surface area contributed by atoms with Crippen molar-refractivity contribution in [2.24, 2.45) is 11.8 Å². The molecule has 1 saturated heterocycles. The molecule has 0 atom stereocenters. The molecule has 5 heteroatoms. The molecule has 27 heavy (non-hydrogen) atoms. The number of rotatable bonds is 9. The lowest BCUT2D eigenvalue weighted by Gasteiger charge is -2.35. The maximum atomic E-state index is 5.51. The first-order valence-electron chi connectivity index (χ1n) is 10.2. The normalized spacial score (nSPS) is 16.3. The molecular weight excluding hydrogens is 336 g/mol. The van der Waals surface area contributed by atoms with Crippen molar-refractivity contribution in [3.8, 4) is 5.75 Å². The fourth-order valence-corrected chi connectivity index (χ4v) is 4.08. The van der Waals surface area contributed by atoms with Gasteiger partial charge in [0.25, 0.3) is 0 Å². The lowest BCUT2D eigenvalue weighted by atomic mass is 9.95. The standard InChI is InChI=1S/C22H34N4O/c1-18(2)14-26(17-22-23-10-11-24-22)15-19-8-12-25(13-9-19)16-20-6-4-5-7-21(20)27-3/h4-7,10-11,18-19H,8-9,12-17H2,1-3H3,(H,23,24). The van der Waals surface area contributed by atoms with Crippen LogP contribution in [-0.2, 0) is 13.1 Å². The number of benzene rings is 1. The van der Waals surface area contributed by atoms with E-state index >= 15 is 0 Å². The molecule has 0 radical (unpaired) electrons. The number of nitrogens with one attached hydrogen (secondary N) is 1. The summed E-state index contributed by atoms with van der Waals surface area (Å²) < 4.78 is 5.51. The zero-order valence-corrected chi connectivity index (χ0v) is 17.0.